The number of carbonyl (C=O) groups is 1. The Morgan fingerprint density at radius 1 is 1.12 bits per heavy atom. The van der Waals surface area contributed by atoms with Crippen LogP contribution < -0.4 is 0 Å². The van der Waals surface area contributed by atoms with Crippen LogP contribution in [0.4, 0.5) is 0 Å². The van der Waals surface area contributed by atoms with Gasteiger partial charge >= 0.3 is 5.97 Å². The van der Waals surface area contributed by atoms with Gasteiger partial charge in [0.2, 0.25) is 0 Å². The van der Waals surface area contributed by atoms with Crippen molar-refractivity contribution in [1.29, 1.82) is 0 Å². The first kappa shape index (κ1) is 20.2. The number of benzene rings is 1. The third-order valence-corrected chi connectivity index (χ3v) is 4.29. The highest BCUT2D eigenvalue weighted by Gasteiger charge is 2.13. The normalized spacial score (nSPS) is 12.9. The Morgan fingerprint density at radius 2 is 1.75 bits per heavy atom. The molecular formula is C22H32O2. The summed E-state index contributed by atoms with van der Waals surface area (Å²) in [4.78, 5) is 11.5. The lowest BCUT2D eigenvalue weighted by atomic mass is 9.87. The van der Waals surface area contributed by atoms with Gasteiger partial charge in [0.15, 0.2) is 0 Å². The van der Waals surface area contributed by atoms with E-state index in [1.807, 2.05) is 24.3 Å². The molecule has 1 rings (SSSR count). The summed E-state index contributed by atoms with van der Waals surface area (Å²) in [6, 6.07) is 7.77. The largest absolute Gasteiger partial charge is 0.465 e. The van der Waals surface area contributed by atoms with Crippen molar-refractivity contribution >= 4 is 5.97 Å². The van der Waals surface area contributed by atoms with Crippen molar-refractivity contribution in [2.45, 2.75) is 53.9 Å². The first-order valence-corrected chi connectivity index (χ1v) is 8.81. The van der Waals surface area contributed by atoms with Crippen molar-refractivity contribution in [3.63, 3.8) is 0 Å². The minimum absolute atomic E-state index is 0.281. The van der Waals surface area contributed by atoms with Crippen molar-refractivity contribution in [3.05, 3.63) is 58.7 Å². The lowest BCUT2D eigenvalue weighted by molar-refractivity contribution is 0.0600. The Hall–Kier alpha value is -1.83. The zero-order valence-electron chi connectivity index (χ0n) is 16.1. The van der Waals surface area contributed by atoms with Crippen LogP contribution in [0.15, 0.2) is 47.6 Å². The zero-order chi connectivity index (χ0) is 18.1. The van der Waals surface area contributed by atoms with E-state index < -0.39 is 0 Å². The van der Waals surface area contributed by atoms with E-state index in [2.05, 4.69) is 46.8 Å². The Labute approximate surface area is 147 Å². The van der Waals surface area contributed by atoms with Crippen molar-refractivity contribution in [2.75, 3.05) is 7.11 Å². The first-order chi connectivity index (χ1) is 11.3. The number of rotatable bonds is 8. The molecule has 0 amide bonds. The second kappa shape index (κ2) is 10.1. The lowest BCUT2D eigenvalue weighted by Gasteiger charge is -2.19. The molecule has 132 valence electrons. The Kier molecular flexibility index (Phi) is 8.53. The van der Waals surface area contributed by atoms with Gasteiger partial charge in [-0.2, -0.15) is 0 Å². The highest BCUT2D eigenvalue weighted by molar-refractivity contribution is 5.89. The number of hydrogen-bond donors (Lipinski definition) is 0. The molecular weight excluding hydrogens is 296 g/mol. The summed E-state index contributed by atoms with van der Waals surface area (Å²) in [7, 11) is 1.41. The van der Waals surface area contributed by atoms with Crippen LogP contribution in [0.1, 0.15) is 63.4 Å². The molecule has 1 atom stereocenters. The summed E-state index contributed by atoms with van der Waals surface area (Å²) in [6.45, 7) is 11.1. The summed E-state index contributed by atoms with van der Waals surface area (Å²) in [5.41, 5.74) is 4.71. The van der Waals surface area contributed by atoms with Gasteiger partial charge in [0.25, 0.3) is 0 Å². The molecule has 0 aromatic heterocycles. The van der Waals surface area contributed by atoms with Crippen LogP contribution in [0, 0.1) is 11.8 Å². The molecule has 0 bridgehead atoms. The van der Waals surface area contributed by atoms with Crippen molar-refractivity contribution in [2.24, 2.45) is 11.8 Å². The monoisotopic (exact) mass is 328 g/mol. The Morgan fingerprint density at radius 3 is 2.25 bits per heavy atom. The van der Waals surface area contributed by atoms with E-state index in [0.29, 0.717) is 17.4 Å². The van der Waals surface area contributed by atoms with Gasteiger partial charge in [0.1, 0.15) is 0 Å². The van der Waals surface area contributed by atoms with Crippen LogP contribution in [0.5, 0.6) is 0 Å². The molecule has 0 N–H and O–H groups in total. The highest BCUT2D eigenvalue weighted by Crippen LogP contribution is 2.22. The van der Waals surface area contributed by atoms with Gasteiger partial charge in [-0.05, 0) is 69.6 Å². The summed E-state index contributed by atoms with van der Waals surface area (Å²) in [5.74, 6) is 0.821. The predicted octanol–water partition coefficient (Wildman–Crippen LogP) is 5.98. The Balaban J connectivity index is 2.75. The van der Waals surface area contributed by atoms with E-state index in [1.165, 1.54) is 23.8 Å². The number of esters is 1. The van der Waals surface area contributed by atoms with E-state index in [0.717, 1.165) is 19.3 Å². The van der Waals surface area contributed by atoms with Crippen LogP contribution in [-0.4, -0.2) is 13.1 Å². The molecule has 2 heteroatoms. The molecule has 0 spiro atoms. The maximum atomic E-state index is 11.5. The molecule has 2 nitrogen and oxygen atoms in total. The highest BCUT2D eigenvalue weighted by atomic mass is 16.5. The molecule has 24 heavy (non-hydrogen) atoms. The Bertz CT molecular complexity index is 572. The smallest absolute Gasteiger partial charge is 0.337 e. The van der Waals surface area contributed by atoms with E-state index in [4.69, 9.17) is 4.74 Å². The topological polar surface area (TPSA) is 26.3 Å². The molecule has 0 fully saturated rings. The number of ether oxygens (including phenoxy) is 1. The maximum Gasteiger partial charge on any atom is 0.337 e. The van der Waals surface area contributed by atoms with E-state index in [9.17, 15) is 4.79 Å². The first-order valence-electron chi connectivity index (χ1n) is 8.81. The SMILES string of the molecule is COC(=O)c1ccc(CC(/C=C(\C)CCC=C(C)C)C(C)C)cc1. The van der Waals surface area contributed by atoms with Crippen LogP contribution in [-0.2, 0) is 11.2 Å². The summed E-state index contributed by atoms with van der Waals surface area (Å²) in [6.07, 6.45) is 7.96. The summed E-state index contributed by atoms with van der Waals surface area (Å²) < 4.78 is 4.75. The standard InChI is InChI=1S/C22H32O2/c1-16(2)8-7-9-18(5)14-21(17(3)4)15-19-10-12-20(13-11-19)22(23)24-6/h8,10-14,17,21H,7,9,15H2,1-6H3/b18-14+. The van der Waals surface area contributed by atoms with Crippen LogP contribution >= 0.6 is 0 Å². The fourth-order valence-corrected chi connectivity index (χ4v) is 2.69. The number of allylic oxidation sites excluding steroid dienone is 4. The zero-order valence-corrected chi connectivity index (χ0v) is 16.1. The molecule has 1 aromatic rings. The fraction of sp³-hybridized carbons (Fsp3) is 0.500. The van der Waals surface area contributed by atoms with E-state index in [1.54, 1.807) is 0 Å². The van der Waals surface area contributed by atoms with E-state index >= 15 is 0 Å². The van der Waals surface area contributed by atoms with Crippen molar-refractivity contribution in [1.82, 2.24) is 0 Å². The summed E-state index contributed by atoms with van der Waals surface area (Å²) >= 11 is 0. The number of methoxy groups -OCH3 is 1. The van der Waals surface area contributed by atoms with Gasteiger partial charge in [0.05, 0.1) is 12.7 Å². The fourth-order valence-electron chi connectivity index (χ4n) is 2.69. The number of carbonyl (C=O) groups excluding carboxylic acids is 1. The predicted molar refractivity (Wildman–Crippen MR) is 102 cm³/mol. The van der Waals surface area contributed by atoms with Gasteiger partial charge in [-0.25, -0.2) is 4.79 Å². The van der Waals surface area contributed by atoms with Gasteiger partial charge in [-0.1, -0.05) is 49.3 Å². The molecule has 0 radical (unpaired) electrons. The third-order valence-electron chi connectivity index (χ3n) is 4.29. The quantitative estimate of drug-likeness (QED) is 0.433. The van der Waals surface area contributed by atoms with Gasteiger partial charge in [-0.15, -0.1) is 0 Å². The molecule has 0 saturated heterocycles. The second-order valence-corrected chi connectivity index (χ2v) is 7.13. The summed E-state index contributed by atoms with van der Waals surface area (Å²) in [5, 5.41) is 0. The van der Waals surface area contributed by atoms with Crippen molar-refractivity contribution in [3.8, 4) is 0 Å². The third kappa shape index (κ3) is 7.16. The minimum Gasteiger partial charge on any atom is -0.465 e. The molecule has 0 aliphatic heterocycles. The second-order valence-electron chi connectivity index (χ2n) is 7.13. The lowest BCUT2D eigenvalue weighted by Crippen LogP contribution is -2.10. The van der Waals surface area contributed by atoms with Crippen molar-refractivity contribution < 1.29 is 9.53 Å². The van der Waals surface area contributed by atoms with Gasteiger partial charge < -0.3 is 4.74 Å². The molecule has 1 unspecified atom stereocenters. The molecule has 0 heterocycles. The molecule has 0 saturated carbocycles. The van der Waals surface area contributed by atoms with Gasteiger partial charge in [-0.3, -0.25) is 0 Å². The van der Waals surface area contributed by atoms with Crippen LogP contribution in [0.2, 0.25) is 0 Å². The maximum absolute atomic E-state index is 11.5. The average Bonchev–Trinajstić information content (AvgIpc) is 2.53. The average molecular weight is 328 g/mol. The van der Waals surface area contributed by atoms with Gasteiger partial charge in [0, 0.05) is 0 Å². The minimum atomic E-state index is -0.281. The number of hydrogen-bond acceptors (Lipinski definition) is 2. The molecule has 0 aliphatic carbocycles. The molecule has 1 aromatic carbocycles. The van der Waals surface area contributed by atoms with Crippen LogP contribution in [0.25, 0.3) is 0 Å². The molecule has 0 aliphatic rings. The van der Waals surface area contributed by atoms with Crippen LogP contribution in [0.3, 0.4) is 0 Å². The van der Waals surface area contributed by atoms with E-state index in [-0.39, 0.29) is 5.97 Å².